The van der Waals surface area contributed by atoms with Crippen molar-refractivity contribution < 1.29 is 0 Å². The summed E-state index contributed by atoms with van der Waals surface area (Å²) in [6, 6.07) is 0. The summed E-state index contributed by atoms with van der Waals surface area (Å²) in [4.78, 5) is 24.7. The number of thiol groups is 1. The molecule has 0 aliphatic heterocycles. The number of halogens is 1. The van der Waals surface area contributed by atoms with Crippen LogP contribution >= 0.6 is 28.6 Å². The molecular weight excluding hydrogens is 280 g/mol. The van der Waals surface area contributed by atoms with E-state index in [1.807, 2.05) is 6.92 Å². The molecule has 0 amide bonds. The van der Waals surface area contributed by atoms with Gasteiger partial charge in [-0.3, -0.25) is 14.3 Å². The first-order valence-corrected chi connectivity index (χ1v) is 6.11. The lowest BCUT2D eigenvalue weighted by Gasteiger charge is -2.13. The first-order chi connectivity index (χ1) is 7.08. The first-order valence-electron chi connectivity index (χ1n) is 4.68. The second kappa shape index (κ2) is 5.55. The molecule has 1 heterocycles. The van der Waals surface area contributed by atoms with Gasteiger partial charge in [0.15, 0.2) is 0 Å². The SMILES string of the molecule is CCC(CS)Cn1cc(Br)c(=O)[nH]c1=O. The molecule has 0 spiro atoms. The van der Waals surface area contributed by atoms with Crippen LogP contribution < -0.4 is 11.2 Å². The van der Waals surface area contributed by atoms with Crippen LogP contribution in [0, 0.1) is 5.92 Å². The number of nitrogens with one attached hydrogen (secondary N) is 1. The van der Waals surface area contributed by atoms with Crippen LogP contribution in [0.4, 0.5) is 0 Å². The number of aromatic amines is 1. The van der Waals surface area contributed by atoms with E-state index in [1.54, 1.807) is 0 Å². The smallest absolute Gasteiger partial charge is 0.299 e. The second-order valence-corrected chi connectivity index (χ2v) is 4.57. The lowest BCUT2D eigenvalue weighted by Crippen LogP contribution is -2.32. The Morgan fingerprint density at radius 2 is 2.27 bits per heavy atom. The largest absolute Gasteiger partial charge is 0.328 e. The van der Waals surface area contributed by atoms with E-state index in [-0.39, 0.29) is 5.69 Å². The maximum Gasteiger partial charge on any atom is 0.328 e. The molecule has 1 unspecified atom stereocenters. The van der Waals surface area contributed by atoms with Crippen LogP contribution in [-0.4, -0.2) is 15.3 Å². The highest BCUT2D eigenvalue weighted by Gasteiger charge is 2.08. The normalized spacial score (nSPS) is 12.7. The summed E-state index contributed by atoms with van der Waals surface area (Å²) in [7, 11) is 0. The fourth-order valence-electron chi connectivity index (χ4n) is 1.21. The van der Waals surface area contributed by atoms with Crippen LogP contribution in [-0.2, 0) is 6.54 Å². The Morgan fingerprint density at radius 1 is 1.60 bits per heavy atom. The Kier molecular flexibility index (Phi) is 4.66. The average Bonchev–Trinajstić information content (AvgIpc) is 2.21. The molecule has 1 aromatic heterocycles. The van der Waals surface area contributed by atoms with Gasteiger partial charge in [-0.2, -0.15) is 12.6 Å². The van der Waals surface area contributed by atoms with Crippen molar-refractivity contribution in [2.24, 2.45) is 5.92 Å². The standard InChI is InChI=1S/C9H13BrN2O2S/c1-2-6(5-15)3-12-4-7(10)8(13)11-9(12)14/h4,6,15H,2-3,5H2,1H3,(H,11,13,14). The summed E-state index contributed by atoms with van der Waals surface area (Å²) >= 11 is 7.30. The van der Waals surface area contributed by atoms with E-state index in [1.165, 1.54) is 10.8 Å². The van der Waals surface area contributed by atoms with Gasteiger partial charge in [0.05, 0.1) is 4.47 Å². The maximum atomic E-state index is 11.4. The summed E-state index contributed by atoms with van der Waals surface area (Å²) < 4.78 is 1.87. The average molecular weight is 293 g/mol. The number of aromatic nitrogens is 2. The van der Waals surface area contributed by atoms with Crippen molar-refractivity contribution >= 4 is 28.6 Å². The van der Waals surface area contributed by atoms with Gasteiger partial charge in [0.2, 0.25) is 0 Å². The van der Waals surface area contributed by atoms with Gasteiger partial charge in [-0.1, -0.05) is 13.3 Å². The summed E-state index contributed by atoms with van der Waals surface area (Å²) in [6.45, 7) is 2.63. The zero-order chi connectivity index (χ0) is 11.4. The highest BCUT2D eigenvalue weighted by Crippen LogP contribution is 2.07. The molecule has 0 fully saturated rings. The zero-order valence-corrected chi connectivity index (χ0v) is 10.8. The molecule has 1 aromatic rings. The minimum absolute atomic E-state index is 0.337. The van der Waals surface area contributed by atoms with E-state index in [0.717, 1.165) is 12.2 Å². The van der Waals surface area contributed by atoms with E-state index < -0.39 is 5.56 Å². The Morgan fingerprint density at radius 3 is 2.80 bits per heavy atom. The lowest BCUT2D eigenvalue weighted by molar-refractivity contribution is 0.460. The van der Waals surface area contributed by atoms with Crippen molar-refractivity contribution in [1.82, 2.24) is 9.55 Å². The van der Waals surface area contributed by atoms with Crippen molar-refractivity contribution in [3.05, 3.63) is 31.5 Å². The molecule has 1 atom stereocenters. The van der Waals surface area contributed by atoms with Gasteiger partial charge in [0.25, 0.3) is 5.56 Å². The van der Waals surface area contributed by atoms with Crippen molar-refractivity contribution in [3.8, 4) is 0 Å². The van der Waals surface area contributed by atoms with E-state index >= 15 is 0 Å². The molecule has 0 aromatic carbocycles. The number of nitrogens with zero attached hydrogens (tertiary/aromatic N) is 1. The topological polar surface area (TPSA) is 54.9 Å². The van der Waals surface area contributed by atoms with Crippen LogP contribution in [0.5, 0.6) is 0 Å². The monoisotopic (exact) mass is 292 g/mol. The van der Waals surface area contributed by atoms with Gasteiger partial charge in [-0.05, 0) is 27.6 Å². The third-order valence-corrected chi connectivity index (χ3v) is 3.34. The van der Waals surface area contributed by atoms with Crippen LogP contribution in [0.15, 0.2) is 20.3 Å². The summed E-state index contributed by atoms with van der Waals surface area (Å²) in [5.41, 5.74) is -0.765. The van der Waals surface area contributed by atoms with E-state index in [2.05, 4.69) is 33.5 Å². The Balaban J connectivity index is 3.00. The van der Waals surface area contributed by atoms with Gasteiger partial charge in [-0.25, -0.2) is 4.79 Å². The minimum atomic E-state index is -0.393. The van der Waals surface area contributed by atoms with Crippen LogP contribution in [0.25, 0.3) is 0 Å². The highest BCUT2D eigenvalue weighted by molar-refractivity contribution is 9.10. The van der Waals surface area contributed by atoms with Crippen LogP contribution in [0.3, 0.4) is 0 Å². The Hall–Kier alpha value is -0.490. The van der Waals surface area contributed by atoms with Crippen molar-refractivity contribution in [2.75, 3.05) is 5.75 Å². The van der Waals surface area contributed by atoms with Gasteiger partial charge in [-0.15, -0.1) is 0 Å². The van der Waals surface area contributed by atoms with Gasteiger partial charge in [0.1, 0.15) is 0 Å². The molecule has 6 heteroatoms. The van der Waals surface area contributed by atoms with E-state index in [4.69, 9.17) is 0 Å². The third-order valence-electron chi connectivity index (χ3n) is 2.26. The molecule has 1 N–H and O–H groups in total. The number of hydrogen-bond donors (Lipinski definition) is 2. The van der Waals surface area contributed by atoms with Crippen molar-refractivity contribution in [2.45, 2.75) is 19.9 Å². The summed E-state index contributed by atoms with van der Waals surface area (Å²) in [6.07, 6.45) is 2.47. The van der Waals surface area contributed by atoms with E-state index in [0.29, 0.717) is 16.9 Å². The van der Waals surface area contributed by atoms with Gasteiger partial charge >= 0.3 is 5.69 Å². The molecule has 0 radical (unpaired) electrons. The molecule has 0 aliphatic carbocycles. The van der Waals surface area contributed by atoms with Gasteiger partial charge < -0.3 is 0 Å². The molecule has 0 saturated heterocycles. The first kappa shape index (κ1) is 12.6. The molecular formula is C9H13BrN2O2S. The van der Waals surface area contributed by atoms with E-state index in [9.17, 15) is 9.59 Å². The van der Waals surface area contributed by atoms with Gasteiger partial charge in [0, 0.05) is 12.7 Å². The van der Waals surface area contributed by atoms with Crippen LogP contribution in [0.1, 0.15) is 13.3 Å². The zero-order valence-electron chi connectivity index (χ0n) is 8.36. The number of H-pyrrole nitrogens is 1. The summed E-state index contributed by atoms with van der Waals surface area (Å²) in [5.74, 6) is 1.06. The molecule has 0 aliphatic rings. The number of hydrogen-bond acceptors (Lipinski definition) is 3. The van der Waals surface area contributed by atoms with Crippen molar-refractivity contribution in [3.63, 3.8) is 0 Å². The quantitative estimate of drug-likeness (QED) is 0.821. The molecule has 84 valence electrons. The van der Waals surface area contributed by atoms with Crippen molar-refractivity contribution in [1.29, 1.82) is 0 Å². The second-order valence-electron chi connectivity index (χ2n) is 3.35. The minimum Gasteiger partial charge on any atom is -0.299 e. The Bertz CT molecular complexity index is 436. The molecule has 0 saturated carbocycles. The fourth-order valence-corrected chi connectivity index (χ4v) is 1.93. The highest BCUT2D eigenvalue weighted by atomic mass is 79.9. The predicted octanol–water partition coefficient (Wildman–Crippen LogP) is 1.26. The third kappa shape index (κ3) is 3.24. The molecule has 15 heavy (non-hydrogen) atoms. The lowest BCUT2D eigenvalue weighted by atomic mass is 10.1. The Labute approximate surface area is 101 Å². The molecule has 4 nitrogen and oxygen atoms in total. The number of rotatable bonds is 4. The molecule has 0 bridgehead atoms. The maximum absolute atomic E-state index is 11.4. The fraction of sp³-hybridized carbons (Fsp3) is 0.556. The van der Waals surface area contributed by atoms with Crippen LogP contribution in [0.2, 0.25) is 0 Å². The predicted molar refractivity (Wildman–Crippen MR) is 66.7 cm³/mol. The molecule has 1 rings (SSSR count). The summed E-state index contributed by atoms with van der Waals surface area (Å²) in [5, 5.41) is 0.